The average Bonchev–Trinajstić information content (AvgIpc) is 2.33. The molecule has 0 nitrogen and oxygen atoms in total. The van der Waals surface area contributed by atoms with Crippen LogP contribution in [0.3, 0.4) is 0 Å². The Morgan fingerprint density at radius 3 is 2.50 bits per heavy atom. The fourth-order valence-electron chi connectivity index (χ4n) is 1.52. The van der Waals surface area contributed by atoms with E-state index in [-0.39, 0.29) is 0 Å². The highest BCUT2D eigenvalue weighted by molar-refractivity contribution is 7.98. The maximum Gasteiger partial charge on any atom is 0.166 e. The lowest BCUT2D eigenvalue weighted by Gasteiger charge is -2.05. The van der Waals surface area contributed by atoms with Crippen molar-refractivity contribution in [2.45, 2.75) is 4.90 Å². The van der Waals surface area contributed by atoms with Crippen molar-refractivity contribution in [3.05, 3.63) is 54.1 Å². The van der Waals surface area contributed by atoms with Crippen LogP contribution < -0.4 is 0 Å². The molecular weight excluding hydrogens is 226 g/mol. The third-order valence-electron chi connectivity index (χ3n) is 2.33. The number of thioether (sulfide) groups is 1. The van der Waals surface area contributed by atoms with Gasteiger partial charge in [0.05, 0.1) is 0 Å². The molecule has 0 saturated carbocycles. The van der Waals surface area contributed by atoms with Crippen molar-refractivity contribution in [3.63, 3.8) is 0 Å². The summed E-state index contributed by atoms with van der Waals surface area (Å²) in [6.45, 7) is 0. The third-order valence-corrected chi connectivity index (χ3v) is 3.06. The Morgan fingerprint density at radius 2 is 1.75 bits per heavy atom. The Labute approximate surface area is 97.3 Å². The molecule has 0 atom stereocenters. The van der Waals surface area contributed by atoms with Crippen molar-refractivity contribution in [2.24, 2.45) is 0 Å². The zero-order valence-corrected chi connectivity index (χ0v) is 9.52. The molecule has 0 unspecified atom stereocenters. The summed E-state index contributed by atoms with van der Waals surface area (Å²) < 4.78 is 26.6. The molecule has 0 aliphatic rings. The molecule has 0 aliphatic heterocycles. The Bertz CT molecular complexity index is 509. The number of halogens is 2. The maximum atomic E-state index is 13.5. The largest absolute Gasteiger partial charge is 0.204 e. The minimum Gasteiger partial charge on any atom is -0.204 e. The topological polar surface area (TPSA) is 0 Å². The van der Waals surface area contributed by atoms with E-state index in [0.717, 1.165) is 11.0 Å². The van der Waals surface area contributed by atoms with Gasteiger partial charge in [-0.2, -0.15) is 0 Å². The van der Waals surface area contributed by atoms with Gasteiger partial charge in [0.2, 0.25) is 0 Å². The Balaban J connectivity index is 2.54. The van der Waals surface area contributed by atoms with Crippen LogP contribution in [0.15, 0.2) is 47.4 Å². The van der Waals surface area contributed by atoms with Crippen LogP contribution in [-0.2, 0) is 0 Å². The molecule has 0 aromatic heterocycles. The van der Waals surface area contributed by atoms with Gasteiger partial charge in [0.15, 0.2) is 11.6 Å². The molecular formula is C13H10F2S. The number of hydrogen-bond acceptors (Lipinski definition) is 1. The fraction of sp³-hybridized carbons (Fsp3) is 0.0769. The summed E-state index contributed by atoms with van der Waals surface area (Å²) in [6, 6.07) is 11.6. The lowest BCUT2D eigenvalue weighted by molar-refractivity contribution is 0.511. The van der Waals surface area contributed by atoms with Crippen molar-refractivity contribution in [1.29, 1.82) is 0 Å². The van der Waals surface area contributed by atoms with Gasteiger partial charge in [0.1, 0.15) is 0 Å². The van der Waals surface area contributed by atoms with Gasteiger partial charge in [-0.1, -0.05) is 24.3 Å². The van der Waals surface area contributed by atoms with Crippen LogP contribution in [0.5, 0.6) is 0 Å². The lowest BCUT2D eigenvalue weighted by atomic mass is 10.1. The molecule has 2 aromatic rings. The fourth-order valence-corrected chi connectivity index (χ4v) is 1.98. The summed E-state index contributed by atoms with van der Waals surface area (Å²) in [4.78, 5) is 1.03. The van der Waals surface area contributed by atoms with Crippen LogP contribution in [-0.4, -0.2) is 6.26 Å². The van der Waals surface area contributed by atoms with Crippen LogP contribution in [0.1, 0.15) is 0 Å². The second-order valence-electron chi connectivity index (χ2n) is 3.33. The van der Waals surface area contributed by atoms with E-state index in [2.05, 4.69) is 0 Å². The highest BCUT2D eigenvalue weighted by Gasteiger charge is 2.09. The second-order valence-corrected chi connectivity index (χ2v) is 4.21. The first-order valence-electron chi connectivity index (χ1n) is 4.81. The molecule has 2 aromatic carbocycles. The first-order valence-corrected chi connectivity index (χ1v) is 6.03. The number of rotatable bonds is 2. The summed E-state index contributed by atoms with van der Waals surface area (Å²) in [5.74, 6) is -1.60. The zero-order valence-electron chi connectivity index (χ0n) is 8.71. The van der Waals surface area contributed by atoms with Crippen LogP contribution in [0, 0.1) is 11.6 Å². The smallest absolute Gasteiger partial charge is 0.166 e. The minimum atomic E-state index is -0.813. The summed E-state index contributed by atoms with van der Waals surface area (Å²) in [5.41, 5.74) is 1.000. The molecule has 0 bridgehead atoms. The summed E-state index contributed by atoms with van der Waals surface area (Å²) in [6.07, 6.45) is 1.95. The molecule has 3 heteroatoms. The predicted octanol–water partition coefficient (Wildman–Crippen LogP) is 4.35. The molecule has 0 fully saturated rings. The Kier molecular flexibility index (Phi) is 3.25. The molecule has 0 aliphatic carbocycles. The SMILES string of the molecule is CSc1cccc(-c2cccc(F)c2F)c1. The van der Waals surface area contributed by atoms with Crippen LogP contribution >= 0.6 is 11.8 Å². The van der Waals surface area contributed by atoms with Crippen molar-refractivity contribution in [2.75, 3.05) is 6.26 Å². The van der Waals surface area contributed by atoms with Crippen molar-refractivity contribution in [1.82, 2.24) is 0 Å². The molecule has 16 heavy (non-hydrogen) atoms. The summed E-state index contributed by atoms with van der Waals surface area (Å²) >= 11 is 1.57. The predicted molar refractivity (Wildman–Crippen MR) is 63.6 cm³/mol. The maximum absolute atomic E-state index is 13.5. The van der Waals surface area contributed by atoms with Gasteiger partial charge in [0.25, 0.3) is 0 Å². The van der Waals surface area contributed by atoms with Crippen molar-refractivity contribution >= 4 is 11.8 Å². The minimum absolute atomic E-state index is 0.302. The average molecular weight is 236 g/mol. The van der Waals surface area contributed by atoms with Gasteiger partial charge in [0, 0.05) is 10.5 Å². The first kappa shape index (κ1) is 11.1. The second kappa shape index (κ2) is 4.66. The summed E-state index contributed by atoms with van der Waals surface area (Å²) in [7, 11) is 0. The van der Waals surface area contributed by atoms with Gasteiger partial charge in [-0.05, 0) is 30.0 Å². The van der Waals surface area contributed by atoms with Crippen molar-refractivity contribution in [3.8, 4) is 11.1 Å². The molecule has 0 N–H and O–H groups in total. The van der Waals surface area contributed by atoms with E-state index in [4.69, 9.17) is 0 Å². The molecule has 0 amide bonds. The highest BCUT2D eigenvalue weighted by Crippen LogP contribution is 2.27. The molecule has 2 rings (SSSR count). The Morgan fingerprint density at radius 1 is 1.00 bits per heavy atom. The molecule has 0 spiro atoms. The first-order chi connectivity index (χ1) is 7.72. The summed E-state index contributed by atoms with van der Waals surface area (Å²) in [5, 5.41) is 0. The van der Waals surface area contributed by atoms with E-state index >= 15 is 0 Å². The van der Waals surface area contributed by atoms with E-state index in [9.17, 15) is 8.78 Å². The molecule has 0 heterocycles. The highest BCUT2D eigenvalue weighted by atomic mass is 32.2. The number of hydrogen-bond donors (Lipinski definition) is 0. The van der Waals surface area contributed by atoms with Crippen molar-refractivity contribution < 1.29 is 8.78 Å². The van der Waals surface area contributed by atoms with E-state index in [1.807, 2.05) is 24.5 Å². The van der Waals surface area contributed by atoms with Crippen LogP contribution in [0.25, 0.3) is 11.1 Å². The molecule has 0 saturated heterocycles. The van der Waals surface area contributed by atoms with Gasteiger partial charge in [-0.3, -0.25) is 0 Å². The third kappa shape index (κ3) is 2.09. The zero-order chi connectivity index (χ0) is 11.5. The molecule has 82 valence electrons. The normalized spacial score (nSPS) is 10.4. The van der Waals surface area contributed by atoms with E-state index in [1.165, 1.54) is 6.07 Å². The lowest BCUT2D eigenvalue weighted by Crippen LogP contribution is -1.88. The van der Waals surface area contributed by atoms with E-state index in [1.54, 1.807) is 23.9 Å². The van der Waals surface area contributed by atoms with E-state index in [0.29, 0.717) is 11.1 Å². The standard InChI is InChI=1S/C13H10F2S/c1-16-10-5-2-4-9(8-10)11-6-3-7-12(14)13(11)15/h2-8H,1H3. The Hall–Kier alpha value is -1.35. The van der Waals surface area contributed by atoms with Crippen LogP contribution in [0.2, 0.25) is 0 Å². The number of benzene rings is 2. The van der Waals surface area contributed by atoms with Gasteiger partial charge >= 0.3 is 0 Å². The van der Waals surface area contributed by atoms with Crippen LogP contribution in [0.4, 0.5) is 8.78 Å². The monoisotopic (exact) mass is 236 g/mol. The van der Waals surface area contributed by atoms with Gasteiger partial charge < -0.3 is 0 Å². The molecule has 0 radical (unpaired) electrons. The quantitative estimate of drug-likeness (QED) is 0.698. The van der Waals surface area contributed by atoms with E-state index < -0.39 is 11.6 Å². The van der Waals surface area contributed by atoms with Gasteiger partial charge in [-0.25, -0.2) is 8.78 Å². The van der Waals surface area contributed by atoms with Gasteiger partial charge in [-0.15, -0.1) is 11.8 Å².